The Morgan fingerprint density at radius 3 is 3.04 bits per heavy atom. The Balaban J connectivity index is 1.72. The van der Waals surface area contributed by atoms with Crippen molar-refractivity contribution >= 4 is 17.5 Å². The average Bonchev–Trinajstić information content (AvgIpc) is 3.17. The number of aryl methyl sites for hydroxylation is 1. The molecular weight excluding hydrogens is 312 g/mol. The van der Waals surface area contributed by atoms with Crippen LogP contribution < -0.4 is 10.6 Å². The van der Waals surface area contributed by atoms with Gasteiger partial charge in [0.05, 0.1) is 10.6 Å². The number of amides is 1. The minimum absolute atomic E-state index is 0.0982. The van der Waals surface area contributed by atoms with E-state index in [4.69, 9.17) is 11.6 Å². The van der Waals surface area contributed by atoms with E-state index in [0.29, 0.717) is 28.7 Å². The molecule has 23 heavy (non-hydrogen) atoms. The van der Waals surface area contributed by atoms with Crippen LogP contribution in [0.2, 0.25) is 5.02 Å². The van der Waals surface area contributed by atoms with Gasteiger partial charge in [-0.2, -0.15) is 5.10 Å². The summed E-state index contributed by atoms with van der Waals surface area (Å²) in [5.74, 6) is 0.561. The lowest BCUT2D eigenvalue weighted by molar-refractivity contribution is 0.0952. The van der Waals surface area contributed by atoms with E-state index in [1.54, 1.807) is 24.0 Å². The van der Waals surface area contributed by atoms with Gasteiger partial charge in [0.2, 0.25) is 0 Å². The molecule has 122 valence electrons. The molecule has 2 heterocycles. The van der Waals surface area contributed by atoms with Gasteiger partial charge < -0.3 is 10.6 Å². The first-order chi connectivity index (χ1) is 11.1. The van der Waals surface area contributed by atoms with Crippen molar-refractivity contribution in [2.45, 2.75) is 12.8 Å². The Hall–Kier alpha value is -1.85. The topological polar surface area (TPSA) is 59.0 Å². The fourth-order valence-corrected chi connectivity index (χ4v) is 3.18. The predicted molar refractivity (Wildman–Crippen MR) is 91.6 cm³/mol. The number of benzene rings is 1. The van der Waals surface area contributed by atoms with Crippen LogP contribution in [0, 0.1) is 5.92 Å². The standard InChI is InChI=1S/C17H21ClN4O/c1-22-11-14(16(21-22)13-4-2-3-5-15(13)18)17(23)20-9-7-12-6-8-19-10-12/h2-5,11-12,19H,6-10H2,1H3,(H,20,23). The van der Waals surface area contributed by atoms with Crippen LogP contribution in [0.1, 0.15) is 23.2 Å². The van der Waals surface area contributed by atoms with Gasteiger partial charge in [-0.05, 0) is 37.9 Å². The van der Waals surface area contributed by atoms with E-state index in [9.17, 15) is 4.79 Å². The van der Waals surface area contributed by atoms with Crippen molar-refractivity contribution in [2.75, 3.05) is 19.6 Å². The minimum Gasteiger partial charge on any atom is -0.352 e. The first-order valence-electron chi connectivity index (χ1n) is 7.92. The van der Waals surface area contributed by atoms with Gasteiger partial charge in [0.25, 0.3) is 5.91 Å². The van der Waals surface area contributed by atoms with Gasteiger partial charge in [-0.3, -0.25) is 9.48 Å². The summed E-state index contributed by atoms with van der Waals surface area (Å²) in [6.07, 6.45) is 3.93. The highest BCUT2D eigenvalue weighted by molar-refractivity contribution is 6.33. The second kappa shape index (κ2) is 7.15. The SMILES string of the molecule is Cn1cc(C(=O)NCCC2CCNC2)c(-c2ccccc2Cl)n1. The molecule has 1 saturated heterocycles. The van der Waals surface area contributed by atoms with E-state index in [0.717, 1.165) is 25.1 Å². The lowest BCUT2D eigenvalue weighted by Crippen LogP contribution is -2.26. The second-order valence-corrected chi connectivity index (χ2v) is 6.36. The molecule has 6 heteroatoms. The number of hydrogen-bond donors (Lipinski definition) is 2. The zero-order valence-corrected chi connectivity index (χ0v) is 13.9. The maximum atomic E-state index is 12.5. The highest BCUT2D eigenvalue weighted by atomic mass is 35.5. The highest BCUT2D eigenvalue weighted by Crippen LogP contribution is 2.28. The smallest absolute Gasteiger partial charge is 0.255 e. The summed E-state index contributed by atoms with van der Waals surface area (Å²) in [6, 6.07) is 7.45. The molecule has 0 bridgehead atoms. The molecule has 3 rings (SSSR count). The number of rotatable bonds is 5. The highest BCUT2D eigenvalue weighted by Gasteiger charge is 2.19. The van der Waals surface area contributed by atoms with E-state index in [-0.39, 0.29) is 5.91 Å². The predicted octanol–water partition coefficient (Wildman–Crippen LogP) is 2.47. The summed E-state index contributed by atoms with van der Waals surface area (Å²) in [7, 11) is 1.81. The van der Waals surface area contributed by atoms with Gasteiger partial charge in [0.15, 0.2) is 0 Å². The van der Waals surface area contributed by atoms with Crippen LogP contribution in [0.3, 0.4) is 0 Å². The molecule has 1 amide bonds. The Morgan fingerprint density at radius 1 is 1.48 bits per heavy atom. The lowest BCUT2D eigenvalue weighted by atomic mass is 10.0. The van der Waals surface area contributed by atoms with Gasteiger partial charge in [-0.25, -0.2) is 0 Å². The molecule has 1 aromatic carbocycles. The van der Waals surface area contributed by atoms with Crippen LogP contribution in [-0.2, 0) is 7.05 Å². The number of aromatic nitrogens is 2. The molecule has 2 N–H and O–H groups in total. The molecule has 5 nitrogen and oxygen atoms in total. The summed E-state index contributed by atoms with van der Waals surface area (Å²) in [4.78, 5) is 12.5. The Labute approximate surface area is 141 Å². The largest absolute Gasteiger partial charge is 0.352 e. The number of carbonyl (C=O) groups excluding carboxylic acids is 1. The van der Waals surface area contributed by atoms with Gasteiger partial charge in [-0.1, -0.05) is 29.8 Å². The summed E-state index contributed by atoms with van der Waals surface area (Å²) >= 11 is 6.25. The molecule has 0 spiro atoms. The number of nitrogens with zero attached hydrogens (tertiary/aromatic N) is 2. The third-order valence-electron chi connectivity index (χ3n) is 4.20. The molecule has 1 atom stereocenters. The number of carbonyl (C=O) groups is 1. The van der Waals surface area contributed by atoms with E-state index in [1.165, 1.54) is 6.42 Å². The molecule has 1 aliphatic heterocycles. The van der Waals surface area contributed by atoms with Crippen LogP contribution in [0.4, 0.5) is 0 Å². The van der Waals surface area contributed by atoms with Crippen molar-refractivity contribution in [2.24, 2.45) is 13.0 Å². The van der Waals surface area contributed by atoms with Crippen LogP contribution in [0.5, 0.6) is 0 Å². The third kappa shape index (κ3) is 3.74. The number of hydrogen-bond acceptors (Lipinski definition) is 3. The fraction of sp³-hybridized carbons (Fsp3) is 0.412. The Morgan fingerprint density at radius 2 is 2.30 bits per heavy atom. The van der Waals surface area contributed by atoms with Crippen LogP contribution in [0.15, 0.2) is 30.5 Å². The summed E-state index contributed by atoms with van der Waals surface area (Å²) < 4.78 is 1.65. The monoisotopic (exact) mass is 332 g/mol. The first-order valence-corrected chi connectivity index (χ1v) is 8.30. The molecule has 0 saturated carbocycles. The van der Waals surface area contributed by atoms with E-state index in [2.05, 4.69) is 15.7 Å². The quantitative estimate of drug-likeness (QED) is 0.884. The van der Waals surface area contributed by atoms with Gasteiger partial charge >= 0.3 is 0 Å². The molecule has 1 unspecified atom stereocenters. The zero-order valence-electron chi connectivity index (χ0n) is 13.2. The first kappa shape index (κ1) is 16.0. The summed E-state index contributed by atoms with van der Waals surface area (Å²) in [6.45, 7) is 2.81. The Kier molecular flexibility index (Phi) is 4.98. The Bertz CT molecular complexity index is 692. The normalized spacial score (nSPS) is 17.4. The average molecular weight is 333 g/mol. The van der Waals surface area contributed by atoms with E-state index >= 15 is 0 Å². The lowest BCUT2D eigenvalue weighted by Gasteiger charge is -2.09. The van der Waals surface area contributed by atoms with Crippen molar-refractivity contribution < 1.29 is 4.79 Å². The van der Waals surface area contributed by atoms with Crippen molar-refractivity contribution in [3.8, 4) is 11.3 Å². The van der Waals surface area contributed by atoms with Crippen LogP contribution in [0.25, 0.3) is 11.3 Å². The number of nitrogens with one attached hydrogen (secondary N) is 2. The minimum atomic E-state index is -0.0982. The maximum Gasteiger partial charge on any atom is 0.255 e. The van der Waals surface area contributed by atoms with Crippen molar-refractivity contribution in [1.29, 1.82) is 0 Å². The van der Waals surface area contributed by atoms with E-state index in [1.807, 2.05) is 18.2 Å². The molecule has 1 aromatic heterocycles. The molecule has 1 fully saturated rings. The molecular formula is C17H21ClN4O. The molecule has 1 aliphatic rings. The van der Waals surface area contributed by atoms with Crippen molar-refractivity contribution in [3.63, 3.8) is 0 Å². The van der Waals surface area contributed by atoms with Gasteiger partial charge in [-0.15, -0.1) is 0 Å². The van der Waals surface area contributed by atoms with E-state index < -0.39 is 0 Å². The second-order valence-electron chi connectivity index (χ2n) is 5.95. The van der Waals surface area contributed by atoms with Crippen LogP contribution >= 0.6 is 11.6 Å². The summed E-state index contributed by atoms with van der Waals surface area (Å²) in [5, 5.41) is 11.4. The van der Waals surface area contributed by atoms with Crippen LogP contribution in [-0.4, -0.2) is 35.3 Å². The van der Waals surface area contributed by atoms with Crippen molar-refractivity contribution in [3.05, 3.63) is 41.0 Å². The van der Waals surface area contributed by atoms with Gasteiger partial charge in [0.1, 0.15) is 5.69 Å². The maximum absolute atomic E-state index is 12.5. The fourth-order valence-electron chi connectivity index (χ4n) is 2.95. The zero-order chi connectivity index (χ0) is 16.2. The van der Waals surface area contributed by atoms with Gasteiger partial charge in [0, 0.05) is 25.4 Å². The number of halogens is 1. The van der Waals surface area contributed by atoms with Crippen molar-refractivity contribution in [1.82, 2.24) is 20.4 Å². The molecule has 2 aromatic rings. The third-order valence-corrected chi connectivity index (χ3v) is 4.53. The molecule has 0 radical (unpaired) electrons. The molecule has 0 aliphatic carbocycles. The summed E-state index contributed by atoms with van der Waals surface area (Å²) in [5.41, 5.74) is 1.96.